The molecule has 0 bridgehead atoms. The maximum atomic E-state index is 13.1. The predicted octanol–water partition coefficient (Wildman–Crippen LogP) is 3.77. The average Bonchev–Trinajstić information content (AvgIpc) is 2.98. The summed E-state index contributed by atoms with van der Waals surface area (Å²) in [5, 5.41) is 30.7. The van der Waals surface area contributed by atoms with Crippen LogP contribution in [0.4, 0.5) is 4.79 Å². The summed E-state index contributed by atoms with van der Waals surface area (Å²) >= 11 is 0. The van der Waals surface area contributed by atoms with Crippen molar-refractivity contribution in [3.63, 3.8) is 0 Å². The molecule has 198 valence electrons. The van der Waals surface area contributed by atoms with Crippen LogP contribution in [0.2, 0.25) is 0 Å². The van der Waals surface area contributed by atoms with E-state index in [4.69, 9.17) is 24.7 Å². The van der Waals surface area contributed by atoms with Crippen molar-refractivity contribution in [1.29, 1.82) is 15.8 Å². The number of nitrogens with zero attached hydrogens (tertiary/aromatic N) is 4. The SMILES string of the molecule is COc1cc([C@H]2[C@@H]3CN(C(=O)OCc4ccccc4)CC=C3C(C#N)=C(N)C2(C#N)C#N)cc(OC)c1OC. The zero-order valence-corrected chi connectivity index (χ0v) is 21.8. The van der Waals surface area contributed by atoms with E-state index in [1.165, 1.54) is 26.2 Å². The van der Waals surface area contributed by atoms with Gasteiger partial charge in [0.1, 0.15) is 12.7 Å². The number of hydrogen-bond acceptors (Lipinski definition) is 9. The second-order valence-electron chi connectivity index (χ2n) is 9.08. The minimum absolute atomic E-state index is 0.0732. The van der Waals surface area contributed by atoms with Gasteiger partial charge in [0.15, 0.2) is 16.9 Å². The number of benzene rings is 2. The van der Waals surface area contributed by atoms with Gasteiger partial charge in [0.25, 0.3) is 0 Å². The van der Waals surface area contributed by atoms with Gasteiger partial charge >= 0.3 is 6.09 Å². The molecule has 39 heavy (non-hydrogen) atoms. The zero-order valence-electron chi connectivity index (χ0n) is 21.8. The highest BCUT2D eigenvalue weighted by atomic mass is 16.6. The number of ether oxygens (including phenoxy) is 4. The lowest BCUT2D eigenvalue weighted by Gasteiger charge is -2.45. The van der Waals surface area contributed by atoms with Gasteiger partial charge in [0.05, 0.1) is 44.7 Å². The molecule has 0 radical (unpaired) electrons. The lowest BCUT2D eigenvalue weighted by molar-refractivity contribution is 0.0898. The van der Waals surface area contributed by atoms with E-state index >= 15 is 0 Å². The summed E-state index contributed by atoms with van der Waals surface area (Å²) in [6.45, 7) is 0.348. The average molecular weight is 526 g/mol. The van der Waals surface area contributed by atoms with Gasteiger partial charge in [-0.25, -0.2) is 4.79 Å². The summed E-state index contributed by atoms with van der Waals surface area (Å²) in [5.74, 6) is -0.524. The third-order valence-electron chi connectivity index (χ3n) is 7.17. The molecule has 1 aliphatic heterocycles. The van der Waals surface area contributed by atoms with Gasteiger partial charge < -0.3 is 29.6 Å². The Morgan fingerprint density at radius 2 is 1.69 bits per heavy atom. The van der Waals surface area contributed by atoms with Crippen LogP contribution in [0.3, 0.4) is 0 Å². The Hall–Kier alpha value is -5.14. The number of carbonyl (C=O) groups is 1. The van der Waals surface area contributed by atoms with Gasteiger partial charge in [-0.3, -0.25) is 0 Å². The Morgan fingerprint density at radius 3 is 2.23 bits per heavy atom. The molecule has 0 unspecified atom stereocenters. The van der Waals surface area contributed by atoms with E-state index in [0.29, 0.717) is 28.4 Å². The van der Waals surface area contributed by atoms with Crippen LogP contribution in [0, 0.1) is 45.3 Å². The first kappa shape index (κ1) is 26.9. The number of fused-ring (bicyclic) bond motifs is 1. The number of hydrogen-bond donors (Lipinski definition) is 1. The van der Waals surface area contributed by atoms with Crippen LogP contribution in [0.5, 0.6) is 17.2 Å². The first-order valence-electron chi connectivity index (χ1n) is 12.1. The van der Waals surface area contributed by atoms with Gasteiger partial charge in [0.2, 0.25) is 5.75 Å². The molecule has 2 aromatic carbocycles. The van der Waals surface area contributed by atoms with Crippen molar-refractivity contribution in [3.8, 4) is 35.5 Å². The highest BCUT2D eigenvalue weighted by Gasteiger charge is 2.55. The molecule has 2 aromatic rings. The molecular formula is C29H27N5O5. The van der Waals surface area contributed by atoms with Gasteiger partial charge in [-0.2, -0.15) is 15.8 Å². The third kappa shape index (κ3) is 4.56. The van der Waals surface area contributed by atoms with Crippen LogP contribution < -0.4 is 19.9 Å². The molecule has 0 fully saturated rings. The Kier molecular flexibility index (Phi) is 7.65. The maximum Gasteiger partial charge on any atom is 0.410 e. The number of carbonyl (C=O) groups excluding carboxylic acids is 1. The summed E-state index contributed by atoms with van der Waals surface area (Å²) in [5.41, 5.74) is 6.35. The lowest BCUT2D eigenvalue weighted by Crippen LogP contribution is -2.49. The van der Waals surface area contributed by atoms with Gasteiger partial charge in [0, 0.05) is 24.9 Å². The third-order valence-corrected chi connectivity index (χ3v) is 7.17. The van der Waals surface area contributed by atoms with Crippen molar-refractivity contribution in [1.82, 2.24) is 4.90 Å². The summed E-state index contributed by atoms with van der Waals surface area (Å²) in [6.07, 6.45) is 1.17. The Bertz CT molecular complexity index is 1420. The van der Waals surface area contributed by atoms with Crippen molar-refractivity contribution in [2.24, 2.45) is 17.1 Å². The number of methoxy groups -OCH3 is 3. The summed E-state index contributed by atoms with van der Waals surface area (Å²) in [6, 6.07) is 18.9. The number of nitriles is 3. The molecule has 0 saturated heterocycles. The summed E-state index contributed by atoms with van der Waals surface area (Å²) < 4.78 is 22.0. The molecule has 2 atom stereocenters. The van der Waals surface area contributed by atoms with Crippen LogP contribution in [0.15, 0.2) is 65.4 Å². The topological polar surface area (TPSA) is 155 Å². The Balaban J connectivity index is 1.82. The zero-order chi connectivity index (χ0) is 28.2. The molecule has 0 aromatic heterocycles. The molecular weight excluding hydrogens is 498 g/mol. The highest BCUT2D eigenvalue weighted by Crippen LogP contribution is 2.56. The van der Waals surface area contributed by atoms with Crippen molar-refractivity contribution < 1.29 is 23.7 Å². The quantitative estimate of drug-likeness (QED) is 0.593. The normalized spacial score (nSPS) is 19.4. The van der Waals surface area contributed by atoms with E-state index in [1.54, 1.807) is 18.2 Å². The first-order chi connectivity index (χ1) is 18.9. The second-order valence-corrected chi connectivity index (χ2v) is 9.08. The minimum Gasteiger partial charge on any atom is -0.493 e. The van der Waals surface area contributed by atoms with Gasteiger partial charge in [-0.15, -0.1) is 0 Å². The fourth-order valence-corrected chi connectivity index (χ4v) is 5.30. The van der Waals surface area contributed by atoms with E-state index in [-0.39, 0.29) is 31.0 Å². The van der Waals surface area contributed by atoms with Crippen molar-refractivity contribution >= 4 is 6.09 Å². The first-order valence-corrected chi connectivity index (χ1v) is 12.1. The van der Waals surface area contributed by atoms with Crippen LogP contribution >= 0.6 is 0 Å². The molecule has 10 heteroatoms. The molecule has 1 aliphatic carbocycles. The standard InChI is InChI=1S/C29H27N5O5/c1-36-23-11-19(12-24(37-2)26(23)38-3)25-22-14-34(28(35)39-15-18-7-5-4-6-8-18)10-9-20(22)21(13-30)27(33)29(25,16-31)17-32/h4-9,11-12,22,25H,10,14-15,33H2,1-3H3/t22-,25+/m1/s1. The molecule has 4 rings (SSSR count). The Morgan fingerprint density at radius 1 is 1.05 bits per heavy atom. The van der Waals surface area contributed by atoms with Crippen molar-refractivity contribution in [3.05, 3.63) is 76.5 Å². The Labute approximate surface area is 226 Å². The van der Waals surface area contributed by atoms with Crippen LogP contribution in [0.1, 0.15) is 17.0 Å². The molecule has 10 nitrogen and oxygen atoms in total. The lowest BCUT2D eigenvalue weighted by atomic mass is 9.58. The van der Waals surface area contributed by atoms with Crippen LogP contribution in [-0.4, -0.2) is 45.4 Å². The smallest absolute Gasteiger partial charge is 0.410 e. The number of amides is 1. The van der Waals surface area contributed by atoms with Gasteiger partial charge in [-0.05, 0) is 28.8 Å². The van der Waals surface area contributed by atoms with Crippen LogP contribution in [-0.2, 0) is 11.3 Å². The molecule has 2 aliphatic rings. The largest absolute Gasteiger partial charge is 0.493 e. The van der Waals surface area contributed by atoms with E-state index < -0.39 is 23.3 Å². The molecule has 0 saturated carbocycles. The fraction of sp³-hybridized carbons (Fsp3) is 0.310. The minimum atomic E-state index is -1.91. The molecule has 1 amide bonds. The van der Waals surface area contributed by atoms with E-state index in [0.717, 1.165) is 5.56 Å². The summed E-state index contributed by atoms with van der Waals surface area (Å²) in [7, 11) is 4.39. The van der Waals surface area contributed by atoms with Gasteiger partial charge in [-0.1, -0.05) is 36.4 Å². The molecule has 0 spiro atoms. The predicted molar refractivity (Wildman–Crippen MR) is 139 cm³/mol. The van der Waals surface area contributed by atoms with Crippen LogP contribution in [0.25, 0.3) is 0 Å². The van der Waals surface area contributed by atoms with E-state index in [1.807, 2.05) is 30.3 Å². The number of rotatable bonds is 6. The molecule has 2 N–H and O–H groups in total. The maximum absolute atomic E-state index is 13.1. The van der Waals surface area contributed by atoms with E-state index in [2.05, 4.69) is 18.2 Å². The highest BCUT2D eigenvalue weighted by molar-refractivity contribution is 5.70. The number of nitrogens with two attached hydrogens (primary N) is 1. The summed E-state index contributed by atoms with van der Waals surface area (Å²) in [4.78, 5) is 14.6. The van der Waals surface area contributed by atoms with Crippen molar-refractivity contribution in [2.75, 3.05) is 34.4 Å². The molecule has 1 heterocycles. The monoisotopic (exact) mass is 525 g/mol. The number of allylic oxidation sites excluding steroid dienone is 2. The second kappa shape index (κ2) is 11.1. The van der Waals surface area contributed by atoms with E-state index in [9.17, 15) is 20.6 Å². The fourth-order valence-electron chi connectivity index (χ4n) is 5.30. The van der Waals surface area contributed by atoms with Crippen molar-refractivity contribution in [2.45, 2.75) is 12.5 Å².